The minimum atomic E-state index is -0.508. The molecule has 2 rings (SSSR count). The zero-order valence-corrected chi connectivity index (χ0v) is 11.2. The van der Waals surface area contributed by atoms with Crippen LogP contribution in [0.2, 0.25) is 5.02 Å². The molecular formula is C12H11ClN4O3. The number of hydrogen-bond acceptors (Lipinski definition) is 5. The Kier molecular flexibility index (Phi) is 4.50. The van der Waals surface area contributed by atoms with Crippen LogP contribution in [0.5, 0.6) is 0 Å². The van der Waals surface area contributed by atoms with Gasteiger partial charge in [0.15, 0.2) is 0 Å². The summed E-state index contributed by atoms with van der Waals surface area (Å²) in [6.07, 6.45) is 2.24. The van der Waals surface area contributed by atoms with Gasteiger partial charge >= 0.3 is 0 Å². The van der Waals surface area contributed by atoms with E-state index in [1.165, 1.54) is 12.1 Å². The second-order valence-corrected chi connectivity index (χ2v) is 4.44. The molecule has 1 fully saturated rings. The number of nitrogens with zero attached hydrogens (tertiary/aromatic N) is 4. The van der Waals surface area contributed by atoms with Gasteiger partial charge in [-0.25, -0.2) is 0 Å². The first-order chi connectivity index (χ1) is 9.63. The average Bonchev–Trinajstić information content (AvgIpc) is 2.64. The van der Waals surface area contributed by atoms with E-state index in [0.29, 0.717) is 37.7 Å². The van der Waals surface area contributed by atoms with Crippen molar-refractivity contribution in [3.05, 3.63) is 33.3 Å². The Morgan fingerprint density at radius 2 is 2.30 bits per heavy atom. The predicted molar refractivity (Wildman–Crippen MR) is 73.9 cm³/mol. The monoisotopic (exact) mass is 294 g/mol. The van der Waals surface area contributed by atoms with Crippen molar-refractivity contribution >= 4 is 28.8 Å². The third-order valence-electron chi connectivity index (χ3n) is 2.85. The molecule has 20 heavy (non-hydrogen) atoms. The largest absolute Gasteiger partial charge is 0.379 e. The van der Waals surface area contributed by atoms with Crippen LogP contribution in [-0.4, -0.2) is 30.5 Å². The Morgan fingerprint density at radius 3 is 2.95 bits per heavy atom. The lowest BCUT2D eigenvalue weighted by atomic mass is 10.2. The maximum absolute atomic E-state index is 10.7. The van der Waals surface area contributed by atoms with Gasteiger partial charge in [0.05, 0.1) is 28.8 Å². The number of nitro groups is 1. The van der Waals surface area contributed by atoms with Gasteiger partial charge in [-0.05, 0) is 6.07 Å². The van der Waals surface area contributed by atoms with Gasteiger partial charge in [-0.15, -0.1) is 0 Å². The van der Waals surface area contributed by atoms with Gasteiger partial charge in [-0.3, -0.25) is 10.1 Å². The molecular weight excluding hydrogens is 284 g/mol. The van der Waals surface area contributed by atoms with Gasteiger partial charge in [-0.2, -0.15) is 10.3 Å². The number of non-ortho nitro benzene ring substituents is 1. The number of nitriles is 1. The summed E-state index contributed by atoms with van der Waals surface area (Å²) in [6, 6.07) is 4.21. The van der Waals surface area contributed by atoms with Crippen molar-refractivity contribution in [2.24, 2.45) is 4.99 Å². The highest BCUT2D eigenvalue weighted by Gasteiger charge is 2.21. The molecule has 1 aliphatic rings. The molecule has 7 nitrogen and oxygen atoms in total. The molecule has 0 aliphatic carbocycles. The Morgan fingerprint density at radius 1 is 1.50 bits per heavy atom. The van der Waals surface area contributed by atoms with Gasteiger partial charge in [-0.1, -0.05) is 11.6 Å². The first kappa shape index (κ1) is 14.2. The number of ether oxygens (including phenoxy) is 1. The fourth-order valence-corrected chi connectivity index (χ4v) is 2.22. The van der Waals surface area contributed by atoms with E-state index in [1.807, 2.05) is 0 Å². The van der Waals surface area contributed by atoms with E-state index in [9.17, 15) is 10.1 Å². The van der Waals surface area contributed by atoms with Crippen molar-refractivity contribution in [1.82, 2.24) is 0 Å². The van der Waals surface area contributed by atoms with E-state index in [4.69, 9.17) is 21.6 Å². The number of halogens is 1. The lowest BCUT2D eigenvalue weighted by Gasteiger charge is -2.23. The van der Waals surface area contributed by atoms with Crippen molar-refractivity contribution in [1.29, 1.82) is 5.26 Å². The second-order valence-electron chi connectivity index (χ2n) is 4.03. The van der Waals surface area contributed by atoms with Crippen molar-refractivity contribution in [3.63, 3.8) is 0 Å². The molecule has 104 valence electrons. The summed E-state index contributed by atoms with van der Waals surface area (Å²) in [5.41, 5.74) is 0.500. The van der Waals surface area contributed by atoms with Crippen LogP contribution >= 0.6 is 11.6 Å². The summed E-state index contributed by atoms with van der Waals surface area (Å²) in [7, 11) is 0. The molecule has 1 aromatic rings. The van der Waals surface area contributed by atoms with Crippen LogP contribution in [0.4, 0.5) is 11.4 Å². The van der Waals surface area contributed by atoms with Gasteiger partial charge < -0.3 is 9.64 Å². The Bertz CT molecular complexity index is 597. The predicted octanol–water partition coefficient (Wildman–Crippen LogP) is 2.35. The number of rotatable bonds is 2. The molecule has 0 N–H and O–H groups in total. The highest BCUT2D eigenvalue weighted by Crippen LogP contribution is 2.30. The molecule has 0 atom stereocenters. The summed E-state index contributed by atoms with van der Waals surface area (Å²) in [6.45, 7) is 1.43. The quantitative estimate of drug-likeness (QED) is 0.474. The zero-order chi connectivity index (χ0) is 14.5. The molecule has 1 heterocycles. The normalized spacial score (nSPS) is 17.6. The number of aliphatic imine (C=N–C) groups is 1. The van der Waals surface area contributed by atoms with Gasteiger partial charge in [0, 0.05) is 25.1 Å². The first-order valence-electron chi connectivity index (χ1n) is 5.88. The third-order valence-corrected chi connectivity index (χ3v) is 3.16. The van der Waals surface area contributed by atoms with Crippen LogP contribution in [0.1, 0.15) is 6.42 Å². The minimum absolute atomic E-state index is 0.0800. The fraction of sp³-hybridized carbons (Fsp3) is 0.333. The van der Waals surface area contributed by atoms with Crippen molar-refractivity contribution in [2.45, 2.75) is 6.42 Å². The molecule has 1 saturated heterocycles. The van der Waals surface area contributed by atoms with Gasteiger partial charge in [0.25, 0.3) is 5.69 Å². The smallest absolute Gasteiger partial charge is 0.271 e. The summed E-state index contributed by atoms with van der Waals surface area (Å²) < 4.78 is 5.34. The van der Waals surface area contributed by atoms with Gasteiger partial charge in [0.1, 0.15) is 5.84 Å². The maximum atomic E-state index is 10.7. The third kappa shape index (κ3) is 3.04. The van der Waals surface area contributed by atoms with E-state index in [0.717, 1.165) is 0 Å². The van der Waals surface area contributed by atoms with E-state index >= 15 is 0 Å². The molecule has 1 aliphatic heterocycles. The van der Waals surface area contributed by atoms with Crippen LogP contribution < -0.4 is 4.90 Å². The minimum Gasteiger partial charge on any atom is -0.379 e. The first-order valence-corrected chi connectivity index (χ1v) is 6.26. The van der Waals surface area contributed by atoms with Crippen molar-refractivity contribution in [2.75, 3.05) is 24.7 Å². The summed E-state index contributed by atoms with van der Waals surface area (Å²) >= 11 is 6.10. The lowest BCUT2D eigenvalue weighted by molar-refractivity contribution is -0.384. The molecule has 0 bridgehead atoms. The molecule has 0 spiro atoms. The molecule has 8 heteroatoms. The number of nitro benzene ring substituents is 1. The van der Waals surface area contributed by atoms with E-state index in [1.54, 1.807) is 17.2 Å². The van der Waals surface area contributed by atoms with E-state index < -0.39 is 4.92 Å². The summed E-state index contributed by atoms with van der Waals surface area (Å²) in [5, 5.41) is 19.7. The summed E-state index contributed by atoms with van der Waals surface area (Å²) in [4.78, 5) is 15.7. The van der Waals surface area contributed by atoms with Crippen LogP contribution in [0.25, 0.3) is 0 Å². The molecule has 1 aromatic carbocycles. The molecule has 0 radical (unpaired) electrons. The van der Waals surface area contributed by atoms with E-state index in [2.05, 4.69) is 4.99 Å². The highest BCUT2D eigenvalue weighted by atomic mass is 35.5. The van der Waals surface area contributed by atoms with E-state index in [-0.39, 0.29) is 10.7 Å². The van der Waals surface area contributed by atoms with Crippen molar-refractivity contribution in [3.8, 4) is 6.19 Å². The lowest BCUT2D eigenvalue weighted by Crippen LogP contribution is -2.32. The topological polar surface area (TPSA) is 91.8 Å². The van der Waals surface area contributed by atoms with Crippen LogP contribution in [0.3, 0.4) is 0 Å². The second kappa shape index (κ2) is 6.32. The van der Waals surface area contributed by atoms with Crippen LogP contribution in [0.15, 0.2) is 23.2 Å². The Labute approximate surface area is 120 Å². The maximum Gasteiger partial charge on any atom is 0.271 e. The molecule has 0 unspecified atom stereocenters. The SMILES string of the molecule is N#C/N=C1/CCOCCN1c1ccc([N+](=O)[O-])cc1Cl. The van der Waals surface area contributed by atoms with Gasteiger partial charge in [0.2, 0.25) is 6.19 Å². The van der Waals surface area contributed by atoms with Crippen LogP contribution in [-0.2, 0) is 4.74 Å². The number of amidine groups is 1. The zero-order valence-electron chi connectivity index (χ0n) is 10.5. The highest BCUT2D eigenvalue weighted by molar-refractivity contribution is 6.34. The number of hydrogen-bond donors (Lipinski definition) is 0. The van der Waals surface area contributed by atoms with Crippen molar-refractivity contribution < 1.29 is 9.66 Å². The number of anilines is 1. The molecule has 0 saturated carbocycles. The Hall–Kier alpha value is -2.17. The molecule has 0 aromatic heterocycles. The average molecular weight is 295 g/mol. The fourth-order valence-electron chi connectivity index (χ4n) is 1.95. The molecule has 0 amide bonds. The Balaban J connectivity index is 2.39. The number of benzene rings is 1. The van der Waals surface area contributed by atoms with Crippen LogP contribution in [0, 0.1) is 21.6 Å². The standard InChI is InChI=1S/C12H11ClN4O3/c13-10-7-9(17(18)19)1-2-11(10)16-4-6-20-5-3-12(16)15-8-14/h1-2,7H,3-6H2/b15-12-. The summed E-state index contributed by atoms with van der Waals surface area (Å²) in [5.74, 6) is 0.542.